The lowest BCUT2D eigenvalue weighted by Crippen LogP contribution is -2.18. The lowest BCUT2D eigenvalue weighted by Gasteiger charge is -2.03. The van der Waals surface area contributed by atoms with Crippen LogP contribution in [0.5, 0.6) is 5.75 Å². The smallest absolute Gasteiger partial charge is 0.314 e. The molecule has 0 aliphatic heterocycles. The summed E-state index contributed by atoms with van der Waals surface area (Å²) < 4.78 is 9.45. The fourth-order valence-corrected chi connectivity index (χ4v) is 0.643. The molecular weight excluding hydrogens is 172 g/mol. The fourth-order valence-electron chi connectivity index (χ4n) is 0.643. The summed E-state index contributed by atoms with van der Waals surface area (Å²) in [7, 11) is 0. The largest absolute Gasteiger partial charge is 0.468 e. The van der Waals surface area contributed by atoms with Gasteiger partial charge in [0, 0.05) is 6.07 Å². The second kappa shape index (κ2) is 3.89. The monoisotopic (exact) mass is 182 g/mol. The molecule has 1 aromatic heterocycles. The molecule has 0 saturated heterocycles. The molecular formula is C9H10O4. The van der Waals surface area contributed by atoms with Crippen molar-refractivity contribution in [3.63, 3.8) is 0 Å². The highest BCUT2D eigenvalue weighted by Crippen LogP contribution is 2.04. The van der Waals surface area contributed by atoms with Crippen LogP contribution in [0, 0.1) is 5.92 Å². The Morgan fingerprint density at radius 2 is 2.23 bits per heavy atom. The SMILES string of the molecule is CC(C)C(=O)Oc1coccc1=O. The van der Waals surface area contributed by atoms with Crippen molar-refractivity contribution in [2.24, 2.45) is 5.92 Å². The molecule has 0 aliphatic rings. The van der Waals surface area contributed by atoms with Crippen molar-refractivity contribution in [3.8, 4) is 5.75 Å². The molecule has 0 N–H and O–H groups in total. The predicted molar refractivity (Wildman–Crippen MR) is 45.5 cm³/mol. The van der Waals surface area contributed by atoms with Crippen molar-refractivity contribution >= 4 is 5.97 Å². The Labute approximate surface area is 75.1 Å². The first-order valence-electron chi connectivity index (χ1n) is 3.89. The van der Waals surface area contributed by atoms with Gasteiger partial charge in [-0.25, -0.2) is 0 Å². The number of hydrogen-bond donors (Lipinski definition) is 0. The van der Waals surface area contributed by atoms with Crippen LogP contribution in [-0.4, -0.2) is 5.97 Å². The lowest BCUT2D eigenvalue weighted by molar-refractivity contribution is -0.137. The number of carbonyl (C=O) groups is 1. The highest BCUT2D eigenvalue weighted by Gasteiger charge is 2.11. The van der Waals surface area contributed by atoms with Gasteiger partial charge in [0.25, 0.3) is 0 Å². The summed E-state index contributed by atoms with van der Waals surface area (Å²) in [5, 5.41) is 0. The first-order chi connectivity index (χ1) is 6.11. The highest BCUT2D eigenvalue weighted by atomic mass is 16.5. The van der Waals surface area contributed by atoms with Crippen LogP contribution in [0.15, 0.2) is 27.8 Å². The fraction of sp³-hybridized carbons (Fsp3) is 0.333. The van der Waals surface area contributed by atoms with Gasteiger partial charge in [-0.3, -0.25) is 9.59 Å². The van der Waals surface area contributed by atoms with Gasteiger partial charge in [0.15, 0.2) is 0 Å². The third kappa shape index (κ3) is 2.43. The quantitative estimate of drug-likeness (QED) is 0.645. The highest BCUT2D eigenvalue weighted by molar-refractivity contribution is 5.74. The predicted octanol–water partition coefficient (Wildman–Crippen LogP) is 1.20. The van der Waals surface area contributed by atoms with Crippen LogP contribution in [0.25, 0.3) is 0 Å². The molecule has 0 unspecified atom stereocenters. The Balaban J connectivity index is 2.81. The van der Waals surface area contributed by atoms with E-state index < -0.39 is 5.97 Å². The Morgan fingerprint density at radius 1 is 1.54 bits per heavy atom. The van der Waals surface area contributed by atoms with Crippen LogP contribution in [0.1, 0.15) is 13.8 Å². The Kier molecular flexibility index (Phi) is 2.84. The van der Waals surface area contributed by atoms with Crippen molar-refractivity contribution < 1.29 is 13.9 Å². The van der Waals surface area contributed by atoms with Crippen molar-refractivity contribution in [3.05, 3.63) is 28.8 Å². The molecule has 0 fully saturated rings. The summed E-state index contributed by atoms with van der Waals surface area (Å²) in [6, 6.07) is 1.20. The van der Waals surface area contributed by atoms with Gasteiger partial charge >= 0.3 is 5.97 Å². The minimum atomic E-state index is -0.446. The maximum atomic E-state index is 11.1. The zero-order valence-corrected chi connectivity index (χ0v) is 7.44. The van der Waals surface area contributed by atoms with E-state index in [1.165, 1.54) is 12.3 Å². The number of ether oxygens (including phenoxy) is 1. The summed E-state index contributed by atoms with van der Waals surface area (Å²) in [6.45, 7) is 3.37. The van der Waals surface area contributed by atoms with Gasteiger partial charge in [-0.1, -0.05) is 13.8 Å². The maximum absolute atomic E-state index is 11.1. The van der Waals surface area contributed by atoms with Crippen molar-refractivity contribution in [1.29, 1.82) is 0 Å². The van der Waals surface area contributed by atoms with Crippen LogP contribution >= 0.6 is 0 Å². The average Bonchev–Trinajstić information content (AvgIpc) is 2.08. The van der Waals surface area contributed by atoms with Gasteiger partial charge in [-0.15, -0.1) is 0 Å². The third-order valence-corrected chi connectivity index (χ3v) is 1.40. The molecule has 13 heavy (non-hydrogen) atoms. The summed E-state index contributed by atoms with van der Waals surface area (Å²) >= 11 is 0. The summed E-state index contributed by atoms with van der Waals surface area (Å²) in [5.41, 5.74) is -0.361. The standard InChI is InChI=1S/C9H10O4/c1-6(2)9(11)13-8-5-12-4-3-7(8)10/h3-6H,1-2H3. The van der Waals surface area contributed by atoms with Gasteiger partial charge in [-0.05, 0) is 0 Å². The summed E-state index contributed by atoms with van der Waals surface area (Å²) in [4.78, 5) is 22.1. The summed E-state index contributed by atoms with van der Waals surface area (Å²) in [5.74, 6) is -0.778. The number of esters is 1. The first-order valence-corrected chi connectivity index (χ1v) is 3.89. The minimum absolute atomic E-state index is 0.0683. The molecule has 0 radical (unpaired) electrons. The van der Waals surface area contributed by atoms with Crippen molar-refractivity contribution in [1.82, 2.24) is 0 Å². The molecule has 4 heteroatoms. The zero-order chi connectivity index (χ0) is 9.84. The van der Waals surface area contributed by atoms with E-state index in [9.17, 15) is 9.59 Å². The topological polar surface area (TPSA) is 56.5 Å². The molecule has 0 bridgehead atoms. The molecule has 0 atom stereocenters. The normalized spacial score (nSPS) is 10.1. The van der Waals surface area contributed by atoms with Gasteiger partial charge in [-0.2, -0.15) is 0 Å². The molecule has 0 aliphatic carbocycles. The second-order valence-electron chi connectivity index (χ2n) is 2.86. The maximum Gasteiger partial charge on any atom is 0.314 e. The second-order valence-corrected chi connectivity index (χ2v) is 2.86. The third-order valence-electron chi connectivity index (χ3n) is 1.40. The average molecular weight is 182 g/mol. The van der Waals surface area contributed by atoms with E-state index in [0.717, 1.165) is 6.26 Å². The van der Waals surface area contributed by atoms with Gasteiger partial charge in [0.2, 0.25) is 11.2 Å². The van der Waals surface area contributed by atoms with Crippen molar-refractivity contribution in [2.45, 2.75) is 13.8 Å². The minimum Gasteiger partial charge on any atom is -0.468 e. The first kappa shape index (κ1) is 9.51. The van der Waals surface area contributed by atoms with Gasteiger partial charge < -0.3 is 9.15 Å². The van der Waals surface area contributed by atoms with Crippen molar-refractivity contribution in [2.75, 3.05) is 0 Å². The lowest BCUT2D eigenvalue weighted by atomic mass is 10.2. The van der Waals surface area contributed by atoms with E-state index >= 15 is 0 Å². The van der Waals surface area contributed by atoms with Crippen LogP contribution in [0.2, 0.25) is 0 Å². The Hall–Kier alpha value is -1.58. The zero-order valence-electron chi connectivity index (χ0n) is 7.44. The molecule has 1 rings (SSSR count). The molecule has 0 spiro atoms. The molecule has 4 nitrogen and oxygen atoms in total. The van der Waals surface area contributed by atoms with Gasteiger partial charge in [0.05, 0.1) is 12.2 Å². The molecule has 70 valence electrons. The Morgan fingerprint density at radius 3 is 2.77 bits per heavy atom. The number of rotatable bonds is 2. The van der Waals surface area contributed by atoms with E-state index in [0.29, 0.717) is 0 Å². The molecule has 0 aromatic carbocycles. The molecule has 0 saturated carbocycles. The van der Waals surface area contributed by atoms with E-state index in [2.05, 4.69) is 0 Å². The molecule has 1 heterocycles. The van der Waals surface area contributed by atoms with E-state index in [1.807, 2.05) is 0 Å². The van der Waals surface area contributed by atoms with Gasteiger partial charge in [0.1, 0.15) is 6.26 Å². The van der Waals surface area contributed by atoms with Crippen LogP contribution in [0.4, 0.5) is 0 Å². The molecule has 0 amide bonds. The summed E-state index contributed by atoms with van der Waals surface area (Å²) in [6.07, 6.45) is 2.34. The number of carbonyl (C=O) groups excluding carboxylic acids is 1. The van der Waals surface area contributed by atoms with E-state index in [1.54, 1.807) is 13.8 Å². The van der Waals surface area contributed by atoms with Crippen LogP contribution in [-0.2, 0) is 4.79 Å². The Bertz CT molecular complexity index is 351. The number of hydrogen-bond acceptors (Lipinski definition) is 4. The van der Waals surface area contributed by atoms with Crippen LogP contribution < -0.4 is 10.2 Å². The van der Waals surface area contributed by atoms with Crippen LogP contribution in [0.3, 0.4) is 0 Å². The van der Waals surface area contributed by atoms with E-state index in [4.69, 9.17) is 9.15 Å². The van der Waals surface area contributed by atoms with E-state index in [-0.39, 0.29) is 17.1 Å². The molecule has 1 aromatic rings.